The molecule has 0 unspecified atom stereocenters. The molecule has 0 fully saturated rings. The average molecular weight is 267 g/mol. The highest BCUT2D eigenvalue weighted by atomic mass is 79.9. The van der Waals surface area contributed by atoms with Crippen molar-refractivity contribution in [2.75, 3.05) is 0 Å². The molecule has 72 valence electrons. The van der Waals surface area contributed by atoms with E-state index in [4.69, 9.17) is 17.3 Å². The van der Waals surface area contributed by atoms with E-state index >= 15 is 0 Å². The molecular weight excluding hydrogens is 256 g/mol. The van der Waals surface area contributed by atoms with Gasteiger partial charge >= 0.3 is 0 Å². The number of hydrogen-bond donors (Lipinski definition) is 1. The van der Waals surface area contributed by atoms with E-state index in [0.717, 1.165) is 0 Å². The molecule has 0 aliphatic rings. The fraction of sp³-hybridized carbons (Fsp3) is 0.333. The van der Waals surface area contributed by atoms with Crippen LogP contribution in [0, 0.1) is 5.82 Å². The van der Waals surface area contributed by atoms with Gasteiger partial charge in [0.15, 0.2) is 5.82 Å². The standard InChI is InChI=1S/C9H10BrClFN/c1-9(2,13)5-3-4-6(11)8(12)7(5)10/h3-4H,13H2,1-2H3. The molecule has 0 saturated heterocycles. The highest BCUT2D eigenvalue weighted by Gasteiger charge is 2.20. The minimum Gasteiger partial charge on any atom is -0.322 e. The van der Waals surface area contributed by atoms with Gasteiger partial charge in [0, 0.05) is 5.54 Å². The number of rotatable bonds is 1. The van der Waals surface area contributed by atoms with E-state index in [-0.39, 0.29) is 5.02 Å². The van der Waals surface area contributed by atoms with Crippen LogP contribution in [0.3, 0.4) is 0 Å². The second-order valence-corrected chi connectivity index (χ2v) is 4.64. The molecule has 1 nitrogen and oxygen atoms in total. The first-order valence-electron chi connectivity index (χ1n) is 3.77. The van der Waals surface area contributed by atoms with Crippen molar-refractivity contribution >= 4 is 27.5 Å². The summed E-state index contributed by atoms with van der Waals surface area (Å²) in [7, 11) is 0. The maximum Gasteiger partial charge on any atom is 0.156 e. The van der Waals surface area contributed by atoms with Gasteiger partial charge in [0.1, 0.15) is 0 Å². The lowest BCUT2D eigenvalue weighted by atomic mass is 9.96. The molecule has 0 heterocycles. The Bertz CT molecular complexity index is 333. The van der Waals surface area contributed by atoms with Crippen LogP contribution in [0.4, 0.5) is 4.39 Å². The van der Waals surface area contributed by atoms with Gasteiger partial charge in [-0.15, -0.1) is 0 Å². The van der Waals surface area contributed by atoms with Crippen LogP contribution < -0.4 is 5.73 Å². The minimum absolute atomic E-state index is 0.0971. The Morgan fingerprint density at radius 2 is 2.00 bits per heavy atom. The molecule has 0 spiro atoms. The van der Waals surface area contributed by atoms with E-state index in [0.29, 0.717) is 10.0 Å². The maximum atomic E-state index is 13.3. The molecule has 0 radical (unpaired) electrons. The smallest absolute Gasteiger partial charge is 0.156 e. The average Bonchev–Trinajstić information content (AvgIpc) is 1.98. The highest BCUT2D eigenvalue weighted by molar-refractivity contribution is 9.10. The van der Waals surface area contributed by atoms with Gasteiger partial charge < -0.3 is 5.73 Å². The van der Waals surface area contributed by atoms with Crippen LogP contribution in [0.5, 0.6) is 0 Å². The summed E-state index contributed by atoms with van der Waals surface area (Å²) in [5.74, 6) is -0.460. The first-order chi connectivity index (χ1) is 5.84. The molecule has 1 rings (SSSR count). The molecule has 0 aromatic heterocycles. The lowest BCUT2D eigenvalue weighted by Crippen LogP contribution is -2.29. The Labute approximate surface area is 90.2 Å². The summed E-state index contributed by atoms with van der Waals surface area (Å²) in [6, 6.07) is 3.22. The van der Waals surface area contributed by atoms with E-state index in [1.165, 1.54) is 6.07 Å². The van der Waals surface area contributed by atoms with Crippen LogP contribution in [0.2, 0.25) is 5.02 Å². The predicted molar refractivity (Wildman–Crippen MR) is 56.3 cm³/mol. The predicted octanol–water partition coefficient (Wildman–Crippen LogP) is 3.44. The number of nitrogens with two attached hydrogens (primary N) is 1. The van der Waals surface area contributed by atoms with Crippen molar-refractivity contribution in [3.05, 3.63) is 33.0 Å². The highest BCUT2D eigenvalue weighted by Crippen LogP contribution is 2.31. The van der Waals surface area contributed by atoms with Gasteiger partial charge in [0.05, 0.1) is 9.50 Å². The third-order valence-corrected chi connectivity index (χ3v) is 2.80. The number of halogens is 3. The molecule has 13 heavy (non-hydrogen) atoms. The minimum atomic E-state index is -0.579. The molecular formula is C9H10BrClFN. The fourth-order valence-corrected chi connectivity index (χ4v) is 2.15. The van der Waals surface area contributed by atoms with Crippen molar-refractivity contribution in [2.24, 2.45) is 5.73 Å². The van der Waals surface area contributed by atoms with Crippen LogP contribution in [0.1, 0.15) is 19.4 Å². The van der Waals surface area contributed by atoms with Crippen molar-refractivity contribution in [1.82, 2.24) is 0 Å². The van der Waals surface area contributed by atoms with Gasteiger partial charge in [-0.1, -0.05) is 17.7 Å². The molecule has 4 heteroatoms. The van der Waals surface area contributed by atoms with Gasteiger partial charge in [0.25, 0.3) is 0 Å². The third kappa shape index (κ3) is 2.22. The fourth-order valence-electron chi connectivity index (χ4n) is 1.02. The Morgan fingerprint density at radius 1 is 1.46 bits per heavy atom. The van der Waals surface area contributed by atoms with Crippen molar-refractivity contribution in [3.8, 4) is 0 Å². The van der Waals surface area contributed by atoms with E-state index in [1.54, 1.807) is 19.9 Å². The first-order valence-corrected chi connectivity index (χ1v) is 4.94. The monoisotopic (exact) mass is 265 g/mol. The summed E-state index contributed by atoms with van der Waals surface area (Å²) in [5.41, 5.74) is 5.96. The van der Waals surface area contributed by atoms with Crippen molar-refractivity contribution in [2.45, 2.75) is 19.4 Å². The molecule has 0 atom stereocenters. The first kappa shape index (κ1) is 11.0. The van der Waals surface area contributed by atoms with Gasteiger partial charge in [-0.05, 0) is 41.4 Å². The van der Waals surface area contributed by atoms with Crippen LogP contribution in [0.25, 0.3) is 0 Å². The lowest BCUT2D eigenvalue weighted by molar-refractivity contribution is 0.538. The molecule has 0 bridgehead atoms. The van der Waals surface area contributed by atoms with Crippen LogP contribution >= 0.6 is 27.5 Å². The summed E-state index contributed by atoms with van der Waals surface area (Å²) >= 11 is 8.72. The third-order valence-electron chi connectivity index (χ3n) is 1.73. The summed E-state index contributed by atoms with van der Waals surface area (Å²) < 4.78 is 13.6. The van der Waals surface area contributed by atoms with Crippen molar-refractivity contribution in [3.63, 3.8) is 0 Å². The molecule has 0 aliphatic carbocycles. The van der Waals surface area contributed by atoms with Crippen molar-refractivity contribution < 1.29 is 4.39 Å². The zero-order valence-electron chi connectivity index (χ0n) is 7.37. The normalized spacial score (nSPS) is 11.8. The van der Waals surface area contributed by atoms with E-state index in [1.807, 2.05) is 0 Å². The zero-order valence-corrected chi connectivity index (χ0v) is 9.71. The zero-order chi connectivity index (χ0) is 10.2. The lowest BCUT2D eigenvalue weighted by Gasteiger charge is -2.21. The van der Waals surface area contributed by atoms with E-state index < -0.39 is 11.4 Å². The topological polar surface area (TPSA) is 26.0 Å². The Kier molecular flexibility index (Phi) is 3.00. The molecule has 1 aromatic rings. The SMILES string of the molecule is CC(C)(N)c1ccc(Cl)c(F)c1Br. The van der Waals surface area contributed by atoms with Crippen LogP contribution in [-0.4, -0.2) is 0 Å². The molecule has 0 saturated carbocycles. The molecule has 1 aromatic carbocycles. The van der Waals surface area contributed by atoms with Gasteiger partial charge in [-0.2, -0.15) is 0 Å². The van der Waals surface area contributed by atoms with E-state index in [2.05, 4.69) is 15.9 Å². The molecule has 0 amide bonds. The quantitative estimate of drug-likeness (QED) is 0.774. The van der Waals surface area contributed by atoms with E-state index in [9.17, 15) is 4.39 Å². The second-order valence-electron chi connectivity index (χ2n) is 3.44. The Morgan fingerprint density at radius 3 is 2.46 bits per heavy atom. The van der Waals surface area contributed by atoms with Crippen LogP contribution in [0.15, 0.2) is 16.6 Å². The van der Waals surface area contributed by atoms with Gasteiger partial charge in [-0.25, -0.2) is 4.39 Å². The maximum absolute atomic E-state index is 13.3. The Balaban J connectivity index is 3.35. The summed E-state index contributed by atoms with van der Waals surface area (Å²) in [4.78, 5) is 0. The summed E-state index contributed by atoms with van der Waals surface area (Å²) in [5, 5.41) is 0.0971. The molecule has 0 aliphatic heterocycles. The summed E-state index contributed by atoms with van der Waals surface area (Å²) in [6.45, 7) is 3.61. The van der Waals surface area contributed by atoms with Crippen molar-refractivity contribution in [1.29, 1.82) is 0 Å². The van der Waals surface area contributed by atoms with Gasteiger partial charge in [0.2, 0.25) is 0 Å². The largest absolute Gasteiger partial charge is 0.322 e. The van der Waals surface area contributed by atoms with Crippen LogP contribution in [-0.2, 0) is 5.54 Å². The molecule has 2 N–H and O–H groups in total. The number of hydrogen-bond acceptors (Lipinski definition) is 1. The number of benzene rings is 1. The second kappa shape index (κ2) is 3.56. The van der Waals surface area contributed by atoms with Gasteiger partial charge in [-0.3, -0.25) is 0 Å². The Hall–Kier alpha value is -0.120. The summed E-state index contributed by atoms with van der Waals surface area (Å²) in [6.07, 6.45) is 0.